The fourth-order valence-electron chi connectivity index (χ4n) is 2.07. The minimum Gasteiger partial charge on any atom is -0.314 e. The summed E-state index contributed by atoms with van der Waals surface area (Å²) >= 11 is 0. The third-order valence-corrected chi connectivity index (χ3v) is 2.76. The molecule has 2 nitrogen and oxygen atoms in total. The van der Waals surface area contributed by atoms with E-state index in [1.165, 1.54) is 4.90 Å². The van der Waals surface area contributed by atoms with Crippen LogP contribution >= 0.6 is 0 Å². The van der Waals surface area contributed by atoms with Crippen LogP contribution in [0.1, 0.15) is 40.5 Å². The Hall–Kier alpha value is -0.290. The van der Waals surface area contributed by atoms with Crippen LogP contribution in [0.15, 0.2) is 0 Å². The van der Waals surface area contributed by atoms with Crippen molar-refractivity contribution < 1.29 is 13.2 Å². The molecular weight excluding hydrogens is 229 g/mol. The van der Waals surface area contributed by atoms with E-state index in [0.717, 1.165) is 19.4 Å². The molecule has 104 valence electrons. The third-order valence-electron chi connectivity index (χ3n) is 2.76. The van der Waals surface area contributed by atoms with Crippen LogP contribution in [0.4, 0.5) is 13.2 Å². The van der Waals surface area contributed by atoms with Crippen molar-refractivity contribution in [2.24, 2.45) is 0 Å². The van der Waals surface area contributed by atoms with Crippen LogP contribution in [-0.4, -0.2) is 42.8 Å². The van der Waals surface area contributed by atoms with E-state index in [-0.39, 0.29) is 12.1 Å². The predicted octanol–water partition coefficient (Wildman–Crippen LogP) is 3.04. The predicted molar refractivity (Wildman–Crippen MR) is 65.1 cm³/mol. The van der Waals surface area contributed by atoms with Crippen molar-refractivity contribution >= 4 is 0 Å². The van der Waals surface area contributed by atoms with E-state index < -0.39 is 12.7 Å². The number of hydrogen-bond acceptors (Lipinski definition) is 2. The second kappa shape index (κ2) is 7.93. The quantitative estimate of drug-likeness (QED) is 0.716. The molecule has 0 saturated carbocycles. The van der Waals surface area contributed by atoms with E-state index in [4.69, 9.17) is 0 Å². The van der Waals surface area contributed by atoms with Crippen molar-refractivity contribution in [2.75, 3.05) is 19.6 Å². The molecule has 0 spiro atoms. The highest BCUT2D eigenvalue weighted by Gasteiger charge is 2.32. The van der Waals surface area contributed by atoms with Gasteiger partial charge in [-0.25, -0.2) is 0 Å². The average molecular weight is 254 g/mol. The van der Waals surface area contributed by atoms with Gasteiger partial charge in [-0.3, -0.25) is 4.90 Å². The van der Waals surface area contributed by atoms with Gasteiger partial charge >= 0.3 is 6.18 Å². The maximum Gasteiger partial charge on any atom is 0.401 e. The molecule has 0 radical (unpaired) electrons. The molecule has 0 aromatic carbocycles. The van der Waals surface area contributed by atoms with Crippen LogP contribution in [0.2, 0.25) is 0 Å². The van der Waals surface area contributed by atoms with Crippen molar-refractivity contribution in [1.82, 2.24) is 10.2 Å². The van der Waals surface area contributed by atoms with E-state index in [2.05, 4.69) is 5.32 Å². The Morgan fingerprint density at radius 3 is 2.18 bits per heavy atom. The summed E-state index contributed by atoms with van der Waals surface area (Å²) in [6, 6.07) is 0.202. The second-order valence-corrected chi connectivity index (χ2v) is 4.63. The summed E-state index contributed by atoms with van der Waals surface area (Å²) in [6.07, 6.45) is -2.62. The third kappa shape index (κ3) is 8.44. The molecule has 0 bridgehead atoms. The van der Waals surface area contributed by atoms with Crippen LogP contribution in [-0.2, 0) is 0 Å². The van der Waals surface area contributed by atoms with Gasteiger partial charge in [-0.2, -0.15) is 13.2 Å². The number of nitrogens with zero attached hydrogens (tertiary/aromatic N) is 1. The number of halogens is 3. The lowest BCUT2D eigenvalue weighted by molar-refractivity contribution is -0.150. The molecule has 0 aliphatic rings. The van der Waals surface area contributed by atoms with Crippen LogP contribution < -0.4 is 5.32 Å². The molecule has 1 N–H and O–H groups in total. The minimum absolute atomic E-state index is 0.0503. The Kier molecular flexibility index (Phi) is 7.79. The molecule has 17 heavy (non-hydrogen) atoms. The fourth-order valence-corrected chi connectivity index (χ4v) is 2.07. The summed E-state index contributed by atoms with van der Waals surface area (Å²) in [6.45, 7) is 8.33. The number of hydrogen-bond donors (Lipinski definition) is 1. The zero-order valence-electron chi connectivity index (χ0n) is 11.3. The summed E-state index contributed by atoms with van der Waals surface area (Å²) in [7, 11) is 0. The molecule has 0 aromatic rings. The Labute approximate surface area is 103 Å². The fraction of sp³-hybridized carbons (Fsp3) is 1.00. The lowest BCUT2D eigenvalue weighted by atomic mass is 10.1. The van der Waals surface area contributed by atoms with E-state index in [0.29, 0.717) is 6.54 Å². The van der Waals surface area contributed by atoms with Crippen molar-refractivity contribution in [2.45, 2.75) is 58.8 Å². The average Bonchev–Trinajstić information content (AvgIpc) is 2.15. The van der Waals surface area contributed by atoms with Gasteiger partial charge in [0.25, 0.3) is 0 Å². The van der Waals surface area contributed by atoms with Gasteiger partial charge in [0.05, 0.1) is 6.54 Å². The van der Waals surface area contributed by atoms with Crippen molar-refractivity contribution in [3.8, 4) is 0 Å². The molecule has 0 aromatic heterocycles. The second-order valence-electron chi connectivity index (χ2n) is 4.63. The molecule has 5 heteroatoms. The summed E-state index contributed by atoms with van der Waals surface area (Å²) < 4.78 is 37.3. The highest BCUT2D eigenvalue weighted by atomic mass is 19.4. The van der Waals surface area contributed by atoms with E-state index in [1.54, 1.807) is 0 Å². The number of nitrogens with one attached hydrogen (secondary N) is 1. The molecular formula is C12H25F3N2. The van der Waals surface area contributed by atoms with Crippen molar-refractivity contribution in [3.05, 3.63) is 0 Å². The van der Waals surface area contributed by atoms with Gasteiger partial charge in [0.1, 0.15) is 0 Å². The van der Waals surface area contributed by atoms with Gasteiger partial charge < -0.3 is 5.32 Å². The van der Waals surface area contributed by atoms with Crippen LogP contribution in [0.5, 0.6) is 0 Å². The van der Waals surface area contributed by atoms with Crippen LogP contribution in [0.25, 0.3) is 0 Å². The van der Waals surface area contributed by atoms with Crippen LogP contribution in [0, 0.1) is 0 Å². The molecule has 0 saturated heterocycles. The SMILES string of the molecule is CCCN(CC(F)(F)F)C(C)CC(C)NCC. The lowest BCUT2D eigenvalue weighted by Crippen LogP contribution is -2.43. The molecule has 0 aliphatic heterocycles. The van der Waals surface area contributed by atoms with Gasteiger partial charge in [-0.05, 0) is 39.8 Å². The van der Waals surface area contributed by atoms with Crippen molar-refractivity contribution in [3.63, 3.8) is 0 Å². The van der Waals surface area contributed by atoms with Gasteiger partial charge in [0.15, 0.2) is 0 Å². The topological polar surface area (TPSA) is 15.3 Å². The molecule has 0 aliphatic carbocycles. The van der Waals surface area contributed by atoms with Crippen LogP contribution in [0.3, 0.4) is 0 Å². The summed E-state index contributed by atoms with van der Waals surface area (Å²) in [5.41, 5.74) is 0. The Morgan fingerprint density at radius 1 is 1.18 bits per heavy atom. The first kappa shape index (κ1) is 16.7. The number of rotatable bonds is 8. The first-order valence-electron chi connectivity index (χ1n) is 6.34. The summed E-state index contributed by atoms with van der Waals surface area (Å²) in [5.74, 6) is 0. The minimum atomic E-state index is -4.11. The van der Waals surface area contributed by atoms with Gasteiger partial charge in [-0.15, -0.1) is 0 Å². The first-order chi connectivity index (χ1) is 7.80. The van der Waals surface area contributed by atoms with Gasteiger partial charge in [0.2, 0.25) is 0 Å². The highest BCUT2D eigenvalue weighted by molar-refractivity contribution is 4.74. The van der Waals surface area contributed by atoms with E-state index in [1.807, 2.05) is 27.7 Å². The largest absolute Gasteiger partial charge is 0.401 e. The zero-order chi connectivity index (χ0) is 13.5. The van der Waals surface area contributed by atoms with Crippen molar-refractivity contribution in [1.29, 1.82) is 0 Å². The zero-order valence-corrected chi connectivity index (χ0v) is 11.3. The molecule has 2 unspecified atom stereocenters. The Morgan fingerprint density at radius 2 is 1.76 bits per heavy atom. The summed E-state index contributed by atoms with van der Waals surface area (Å²) in [4.78, 5) is 1.52. The molecule has 0 amide bonds. The molecule has 2 atom stereocenters. The maximum atomic E-state index is 12.4. The standard InChI is InChI=1S/C12H25F3N2/c1-5-7-17(9-12(13,14)15)11(4)8-10(3)16-6-2/h10-11,16H,5-9H2,1-4H3. The summed E-state index contributed by atoms with van der Waals surface area (Å²) in [5, 5.41) is 3.23. The monoisotopic (exact) mass is 254 g/mol. The van der Waals surface area contributed by atoms with E-state index >= 15 is 0 Å². The first-order valence-corrected chi connectivity index (χ1v) is 6.34. The van der Waals surface area contributed by atoms with Gasteiger partial charge in [-0.1, -0.05) is 13.8 Å². The smallest absolute Gasteiger partial charge is 0.314 e. The number of alkyl halides is 3. The van der Waals surface area contributed by atoms with Gasteiger partial charge in [0, 0.05) is 12.1 Å². The van der Waals surface area contributed by atoms with E-state index in [9.17, 15) is 13.2 Å². The maximum absolute atomic E-state index is 12.4. The normalized spacial score (nSPS) is 16.2. The molecule has 0 fully saturated rings. The Balaban J connectivity index is 4.28. The lowest BCUT2D eigenvalue weighted by Gasteiger charge is -2.31. The highest BCUT2D eigenvalue weighted by Crippen LogP contribution is 2.19. The molecule has 0 rings (SSSR count). The molecule has 0 heterocycles. The Bertz CT molecular complexity index is 195.